The zero-order valence-electron chi connectivity index (χ0n) is 12.8. The molecule has 0 amide bonds. The maximum Gasteiger partial charge on any atom is 0.119 e. The molecule has 0 bridgehead atoms. The van der Waals surface area contributed by atoms with Gasteiger partial charge in [0.25, 0.3) is 0 Å². The normalized spacial score (nSPS) is 18.9. The molecule has 1 N–H and O–H groups in total. The van der Waals surface area contributed by atoms with Crippen LogP contribution >= 0.6 is 0 Å². The second-order valence-corrected chi connectivity index (χ2v) is 5.81. The Morgan fingerprint density at radius 3 is 2.71 bits per heavy atom. The zero-order valence-corrected chi connectivity index (χ0v) is 12.8. The Morgan fingerprint density at radius 1 is 1.14 bits per heavy atom. The number of hydrogen-bond acceptors (Lipinski definition) is 2. The van der Waals surface area contributed by atoms with E-state index in [2.05, 4.69) is 60.8 Å². The Labute approximate surface area is 127 Å². The fraction of sp³-hybridized carbons (Fsp3) is 0.368. The van der Waals surface area contributed by atoms with Crippen LogP contribution in [0.4, 0.5) is 0 Å². The standard InChI is InChI=1S/C19H23NO/c1-14(15-7-4-3-5-8-15)20-19-10-6-9-16-13-17(21-2)11-12-18(16)19/h3-5,7-8,11-14,19-20H,6,9-10H2,1-2H3. The third-order valence-electron chi connectivity index (χ3n) is 4.42. The summed E-state index contributed by atoms with van der Waals surface area (Å²) in [5.74, 6) is 0.963. The smallest absolute Gasteiger partial charge is 0.119 e. The molecule has 0 heterocycles. The van der Waals surface area contributed by atoms with Crippen LogP contribution in [-0.2, 0) is 6.42 Å². The summed E-state index contributed by atoms with van der Waals surface area (Å²) in [6.45, 7) is 2.24. The van der Waals surface area contributed by atoms with Gasteiger partial charge >= 0.3 is 0 Å². The van der Waals surface area contributed by atoms with Crippen LogP contribution in [-0.4, -0.2) is 7.11 Å². The first-order valence-electron chi connectivity index (χ1n) is 7.75. The molecule has 2 nitrogen and oxygen atoms in total. The molecule has 0 saturated carbocycles. The Hall–Kier alpha value is -1.80. The van der Waals surface area contributed by atoms with Gasteiger partial charge in [0.05, 0.1) is 7.11 Å². The molecule has 110 valence electrons. The number of benzene rings is 2. The van der Waals surface area contributed by atoms with Crippen LogP contribution in [0.5, 0.6) is 5.75 Å². The minimum Gasteiger partial charge on any atom is -0.497 e. The van der Waals surface area contributed by atoms with Crippen molar-refractivity contribution < 1.29 is 4.74 Å². The predicted octanol–water partition coefficient (Wildman–Crippen LogP) is 4.42. The monoisotopic (exact) mass is 281 g/mol. The van der Waals surface area contributed by atoms with Crippen molar-refractivity contribution in [1.29, 1.82) is 0 Å². The maximum atomic E-state index is 5.35. The van der Waals surface area contributed by atoms with Crippen molar-refractivity contribution in [2.45, 2.75) is 38.3 Å². The summed E-state index contributed by atoms with van der Waals surface area (Å²) in [5, 5.41) is 3.79. The Kier molecular flexibility index (Phi) is 4.26. The molecule has 0 aliphatic heterocycles. The lowest BCUT2D eigenvalue weighted by Gasteiger charge is -2.29. The SMILES string of the molecule is COc1ccc2c(c1)CCCC2NC(C)c1ccccc1. The zero-order chi connectivity index (χ0) is 14.7. The van der Waals surface area contributed by atoms with Crippen LogP contribution in [0.3, 0.4) is 0 Å². The lowest BCUT2D eigenvalue weighted by atomic mass is 9.87. The summed E-state index contributed by atoms with van der Waals surface area (Å²) in [7, 11) is 1.73. The highest BCUT2D eigenvalue weighted by molar-refractivity contribution is 5.39. The molecule has 1 aliphatic rings. The molecule has 2 heteroatoms. The number of hydrogen-bond donors (Lipinski definition) is 1. The van der Waals surface area contributed by atoms with E-state index < -0.39 is 0 Å². The minimum atomic E-state index is 0.365. The van der Waals surface area contributed by atoms with Crippen LogP contribution in [0.2, 0.25) is 0 Å². The van der Waals surface area contributed by atoms with Crippen molar-refractivity contribution in [3.63, 3.8) is 0 Å². The molecule has 0 fully saturated rings. The number of nitrogens with one attached hydrogen (secondary N) is 1. The van der Waals surface area contributed by atoms with Gasteiger partial charge in [-0.05, 0) is 55.0 Å². The first-order valence-corrected chi connectivity index (χ1v) is 7.75. The molecular formula is C19H23NO. The topological polar surface area (TPSA) is 21.3 Å². The molecule has 21 heavy (non-hydrogen) atoms. The lowest BCUT2D eigenvalue weighted by molar-refractivity contribution is 0.402. The molecule has 2 aromatic rings. The molecule has 2 aromatic carbocycles. The van der Waals surface area contributed by atoms with Gasteiger partial charge in [-0.2, -0.15) is 0 Å². The Balaban J connectivity index is 1.79. The average Bonchev–Trinajstić information content (AvgIpc) is 2.55. The van der Waals surface area contributed by atoms with Crippen molar-refractivity contribution >= 4 is 0 Å². The van der Waals surface area contributed by atoms with E-state index >= 15 is 0 Å². The van der Waals surface area contributed by atoms with Gasteiger partial charge < -0.3 is 10.1 Å². The molecular weight excluding hydrogens is 258 g/mol. The summed E-state index contributed by atoms with van der Waals surface area (Å²) >= 11 is 0. The van der Waals surface area contributed by atoms with E-state index in [1.54, 1.807) is 7.11 Å². The second-order valence-electron chi connectivity index (χ2n) is 5.81. The Bertz CT molecular complexity index is 594. The van der Waals surface area contributed by atoms with Crippen molar-refractivity contribution in [3.8, 4) is 5.75 Å². The summed E-state index contributed by atoms with van der Waals surface area (Å²) in [6.07, 6.45) is 3.60. The van der Waals surface area contributed by atoms with Gasteiger partial charge in [-0.3, -0.25) is 0 Å². The Morgan fingerprint density at radius 2 is 1.95 bits per heavy atom. The molecule has 0 radical (unpaired) electrons. The van der Waals surface area contributed by atoms with E-state index in [0.717, 1.165) is 12.2 Å². The molecule has 0 spiro atoms. The molecule has 1 aliphatic carbocycles. The number of ether oxygens (including phenoxy) is 1. The number of methoxy groups -OCH3 is 1. The molecule has 0 aromatic heterocycles. The first-order chi connectivity index (χ1) is 10.3. The summed E-state index contributed by atoms with van der Waals surface area (Å²) < 4.78 is 5.35. The van der Waals surface area contributed by atoms with Gasteiger partial charge in [-0.1, -0.05) is 36.4 Å². The fourth-order valence-electron chi connectivity index (χ4n) is 3.23. The summed E-state index contributed by atoms with van der Waals surface area (Å²) in [4.78, 5) is 0. The van der Waals surface area contributed by atoms with Crippen LogP contribution in [0.25, 0.3) is 0 Å². The van der Waals surface area contributed by atoms with Gasteiger partial charge in [-0.15, -0.1) is 0 Å². The highest BCUT2D eigenvalue weighted by Crippen LogP contribution is 2.33. The predicted molar refractivity (Wildman–Crippen MR) is 86.7 cm³/mol. The average molecular weight is 281 g/mol. The van der Waals surface area contributed by atoms with Gasteiger partial charge in [0.15, 0.2) is 0 Å². The molecule has 3 rings (SSSR count). The van der Waals surface area contributed by atoms with E-state index in [-0.39, 0.29) is 0 Å². The van der Waals surface area contributed by atoms with Crippen LogP contribution in [0.1, 0.15) is 48.5 Å². The minimum absolute atomic E-state index is 0.365. The first kappa shape index (κ1) is 14.2. The number of aryl methyl sites for hydroxylation is 1. The summed E-state index contributed by atoms with van der Waals surface area (Å²) in [6, 6.07) is 18.0. The van der Waals surface area contributed by atoms with Crippen LogP contribution in [0, 0.1) is 0 Å². The van der Waals surface area contributed by atoms with Gasteiger partial charge in [0.2, 0.25) is 0 Å². The van der Waals surface area contributed by atoms with E-state index in [9.17, 15) is 0 Å². The van der Waals surface area contributed by atoms with Gasteiger partial charge in [0.1, 0.15) is 5.75 Å². The van der Waals surface area contributed by atoms with Crippen LogP contribution in [0.15, 0.2) is 48.5 Å². The molecule has 0 saturated heterocycles. The fourth-order valence-corrected chi connectivity index (χ4v) is 3.23. The van der Waals surface area contributed by atoms with E-state index in [0.29, 0.717) is 12.1 Å². The second kappa shape index (κ2) is 6.31. The molecule has 2 unspecified atom stereocenters. The van der Waals surface area contributed by atoms with Crippen molar-refractivity contribution in [2.75, 3.05) is 7.11 Å². The van der Waals surface area contributed by atoms with Crippen LogP contribution < -0.4 is 10.1 Å². The molecule has 2 atom stereocenters. The highest BCUT2D eigenvalue weighted by Gasteiger charge is 2.22. The third-order valence-corrected chi connectivity index (χ3v) is 4.42. The van der Waals surface area contributed by atoms with Gasteiger partial charge in [0, 0.05) is 12.1 Å². The van der Waals surface area contributed by atoms with Crippen molar-refractivity contribution in [1.82, 2.24) is 5.32 Å². The van der Waals surface area contributed by atoms with E-state index in [1.807, 2.05) is 0 Å². The lowest BCUT2D eigenvalue weighted by Crippen LogP contribution is -2.27. The quantitative estimate of drug-likeness (QED) is 0.895. The van der Waals surface area contributed by atoms with Crippen molar-refractivity contribution in [3.05, 3.63) is 65.2 Å². The van der Waals surface area contributed by atoms with Gasteiger partial charge in [-0.25, -0.2) is 0 Å². The third kappa shape index (κ3) is 3.11. The number of fused-ring (bicyclic) bond motifs is 1. The highest BCUT2D eigenvalue weighted by atomic mass is 16.5. The number of rotatable bonds is 4. The largest absolute Gasteiger partial charge is 0.497 e. The van der Waals surface area contributed by atoms with Crippen molar-refractivity contribution in [2.24, 2.45) is 0 Å². The van der Waals surface area contributed by atoms with E-state index in [1.165, 1.54) is 29.5 Å². The maximum absolute atomic E-state index is 5.35. The van der Waals surface area contributed by atoms with E-state index in [4.69, 9.17) is 4.74 Å². The summed E-state index contributed by atoms with van der Waals surface area (Å²) in [5.41, 5.74) is 4.21.